The molecule has 4 nitrogen and oxygen atoms in total. The number of methoxy groups -OCH3 is 1. The van der Waals surface area contributed by atoms with E-state index in [9.17, 15) is 5.11 Å². The zero-order chi connectivity index (χ0) is 14.3. The molecule has 1 aromatic rings. The van der Waals surface area contributed by atoms with Gasteiger partial charge in [-0.2, -0.15) is 0 Å². The minimum absolute atomic E-state index is 0.131. The lowest BCUT2D eigenvalue weighted by atomic mass is 9.89. The first kappa shape index (κ1) is 15.8. The highest BCUT2D eigenvalue weighted by molar-refractivity contribution is 5.43. The maximum absolute atomic E-state index is 9.26. The molecule has 2 unspecified atom stereocenters. The average Bonchev–Trinajstić information content (AvgIpc) is 2.42. The van der Waals surface area contributed by atoms with Crippen LogP contribution in [-0.2, 0) is 6.42 Å². The van der Waals surface area contributed by atoms with Gasteiger partial charge in [-0.15, -0.1) is 0 Å². The Kier molecular flexibility index (Phi) is 6.67. The molecule has 3 N–H and O–H groups in total. The van der Waals surface area contributed by atoms with Gasteiger partial charge in [-0.3, -0.25) is 0 Å². The fourth-order valence-corrected chi connectivity index (χ4v) is 2.14. The summed E-state index contributed by atoms with van der Waals surface area (Å²) in [5, 5.41) is 9.26. The molecule has 2 atom stereocenters. The van der Waals surface area contributed by atoms with Crippen molar-refractivity contribution in [2.75, 3.05) is 26.9 Å². The first-order chi connectivity index (χ1) is 9.15. The molecule has 0 aromatic heterocycles. The Labute approximate surface area is 115 Å². The number of hydrogen-bond donors (Lipinski definition) is 2. The Balaban J connectivity index is 2.79. The van der Waals surface area contributed by atoms with E-state index in [1.807, 2.05) is 25.1 Å². The van der Waals surface area contributed by atoms with E-state index in [0.717, 1.165) is 17.9 Å². The van der Waals surface area contributed by atoms with Gasteiger partial charge in [0, 0.05) is 6.61 Å². The summed E-state index contributed by atoms with van der Waals surface area (Å²) in [5.41, 5.74) is 6.82. The van der Waals surface area contributed by atoms with E-state index in [4.69, 9.17) is 15.2 Å². The third-order valence-electron chi connectivity index (χ3n) is 3.43. The molecule has 0 aliphatic rings. The third kappa shape index (κ3) is 4.40. The number of nitrogens with two attached hydrogens (primary N) is 1. The van der Waals surface area contributed by atoms with Gasteiger partial charge < -0.3 is 20.3 Å². The van der Waals surface area contributed by atoms with E-state index in [2.05, 4.69) is 6.92 Å². The van der Waals surface area contributed by atoms with Crippen LogP contribution in [0.15, 0.2) is 18.2 Å². The molecule has 0 spiro atoms. The number of benzene rings is 1. The van der Waals surface area contributed by atoms with Crippen LogP contribution in [0.25, 0.3) is 0 Å². The quantitative estimate of drug-likeness (QED) is 0.754. The van der Waals surface area contributed by atoms with Crippen molar-refractivity contribution in [3.05, 3.63) is 23.8 Å². The summed E-state index contributed by atoms with van der Waals surface area (Å²) in [6.07, 6.45) is 0.866. The molecule has 1 aromatic carbocycles. The summed E-state index contributed by atoms with van der Waals surface area (Å²) in [6.45, 7) is 5.31. The molecule has 0 saturated carbocycles. The Morgan fingerprint density at radius 1 is 1.32 bits per heavy atom. The minimum atomic E-state index is 0.131. The van der Waals surface area contributed by atoms with Gasteiger partial charge in [-0.05, 0) is 49.4 Å². The molecule has 0 bridgehead atoms. The van der Waals surface area contributed by atoms with E-state index in [0.29, 0.717) is 19.1 Å². The van der Waals surface area contributed by atoms with Crippen molar-refractivity contribution in [2.24, 2.45) is 17.6 Å². The van der Waals surface area contributed by atoms with Crippen LogP contribution < -0.4 is 15.2 Å². The molecule has 4 heteroatoms. The molecule has 108 valence electrons. The molecule has 0 fully saturated rings. The molecule has 0 saturated heterocycles. The summed E-state index contributed by atoms with van der Waals surface area (Å²) in [6, 6.07) is 5.96. The molecule has 1 rings (SSSR count). The van der Waals surface area contributed by atoms with Crippen LogP contribution in [0.2, 0.25) is 0 Å². The van der Waals surface area contributed by atoms with Gasteiger partial charge in [0.15, 0.2) is 11.5 Å². The van der Waals surface area contributed by atoms with Crippen molar-refractivity contribution in [3.63, 3.8) is 0 Å². The topological polar surface area (TPSA) is 64.7 Å². The number of aliphatic hydroxyl groups is 1. The average molecular weight is 267 g/mol. The summed E-state index contributed by atoms with van der Waals surface area (Å²) in [4.78, 5) is 0. The van der Waals surface area contributed by atoms with Crippen LogP contribution >= 0.6 is 0 Å². The van der Waals surface area contributed by atoms with Crippen LogP contribution in [-0.4, -0.2) is 32.0 Å². The maximum atomic E-state index is 9.26. The number of rotatable bonds is 8. The van der Waals surface area contributed by atoms with Crippen molar-refractivity contribution in [3.8, 4) is 11.5 Å². The van der Waals surface area contributed by atoms with Gasteiger partial charge in [0.1, 0.15) is 0 Å². The van der Waals surface area contributed by atoms with Crippen LogP contribution in [0.3, 0.4) is 0 Å². The first-order valence-corrected chi connectivity index (χ1v) is 6.76. The lowest BCUT2D eigenvalue weighted by Crippen LogP contribution is -2.26. The normalized spacial score (nSPS) is 13.9. The highest BCUT2D eigenvalue weighted by Crippen LogP contribution is 2.29. The summed E-state index contributed by atoms with van der Waals surface area (Å²) < 4.78 is 10.8. The van der Waals surface area contributed by atoms with E-state index in [1.54, 1.807) is 7.11 Å². The summed E-state index contributed by atoms with van der Waals surface area (Å²) >= 11 is 0. The van der Waals surface area contributed by atoms with E-state index in [-0.39, 0.29) is 12.5 Å². The molecule has 0 radical (unpaired) electrons. The van der Waals surface area contributed by atoms with Crippen molar-refractivity contribution < 1.29 is 14.6 Å². The maximum Gasteiger partial charge on any atom is 0.161 e. The fourth-order valence-electron chi connectivity index (χ4n) is 2.14. The molecular formula is C15H25NO3. The minimum Gasteiger partial charge on any atom is -0.493 e. The zero-order valence-corrected chi connectivity index (χ0v) is 12.1. The van der Waals surface area contributed by atoms with Crippen LogP contribution in [0.4, 0.5) is 0 Å². The Bertz CT molecular complexity index is 378. The highest BCUT2D eigenvalue weighted by atomic mass is 16.5. The van der Waals surface area contributed by atoms with Gasteiger partial charge in [-0.25, -0.2) is 0 Å². The second-order valence-corrected chi connectivity index (χ2v) is 4.78. The lowest BCUT2D eigenvalue weighted by molar-refractivity contribution is 0.187. The molecule has 19 heavy (non-hydrogen) atoms. The van der Waals surface area contributed by atoms with Crippen molar-refractivity contribution >= 4 is 0 Å². The lowest BCUT2D eigenvalue weighted by Gasteiger charge is -2.20. The second-order valence-electron chi connectivity index (χ2n) is 4.78. The van der Waals surface area contributed by atoms with Crippen LogP contribution in [0.5, 0.6) is 11.5 Å². The molecule has 0 aliphatic carbocycles. The summed E-state index contributed by atoms with van der Waals surface area (Å²) in [5.74, 6) is 1.98. The van der Waals surface area contributed by atoms with Gasteiger partial charge in [-0.1, -0.05) is 13.0 Å². The Morgan fingerprint density at radius 3 is 2.58 bits per heavy atom. The number of aliphatic hydroxyl groups excluding tert-OH is 1. The Hall–Kier alpha value is -1.26. The van der Waals surface area contributed by atoms with Crippen molar-refractivity contribution in [1.82, 2.24) is 0 Å². The van der Waals surface area contributed by atoms with Gasteiger partial charge in [0.25, 0.3) is 0 Å². The predicted octanol–water partition coefficient (Wildman–Crippen LogP) is 1.84. The van der Waals surface area contributed by atoms with Crippen LogP contribution in [0.1, 0.15) is 19.4 Å². The standard InChI is InChI=1S/C15H25NO3/c1-4-19-14-6-5-12(8-15(14)18-3)7-11(2)13(9-16)10-17/h5-6,8,11,13,17H,4,7,9-10,16H2,1-3H3. The van der Waals surface area contributed by atoms with Crippen LogP contribution in [0, 0.1) is 11.8 Å². The first-order valence-electron chi connectivity index (χ1n) is 6.76. The summed E-state index contributed by atoms with van der Waals surface area (Å²) in [7, 11) is 1.64. The monoisotopic (exact) mass is 267 g/mol. The zero-order valence-electron chi connectivity index (χ0n) is 12.1. The van der Waals surface area contributed by atoms with E-state index in [1.165, 1.54) is 5.56 Å². The smallest absolute Gasteiger partial charge is 0.161 e. The Morgan fingerprint density at radius 2 is 2.05 bits per heavy atom. The SMILES string of the molecule is CCOc1ccc(CC(C)C(CN)CO)cc1OC. The molecular weight excluding hydrogens is 242 g/mol. The number of hydrogen-bond acceptors (Lipinski definition) is 4. The largest absolute Gasteiger partial charge is 0.493 e. The highest BCUT2D eigenvalue weighted by Gasteiger charge is 2.16. The van der Waals surface area contributed by atoms with Crippen molar-refractivity contribution in [1.29, 1.82) is 0 Å². The fraction of sp³-hybridized carbons (Fsp3) is 0.600. The van der Waals surface area contributed by atoms with Crippen molar-refractivity contribution in [2.45, 2.75) is 20.3 Å². The van der Waals surface area contributed by atoms with Gasteiger partial charge in [0.05, 0.1) is 13.7 Å². The third-order valence-corrected chi connectivity index (χ3v) is 3.43. The second kappa shape index (κ2) is 8.02. The molecule has 0 heterocycles. The number of ether oxygens (including phenoxy) is 2. The van der Waals surface area contributed by atoms with Gasteiger partial charge >= 0.3 is 0 Å². The van der Waals surface area contributed by atoms with E-state index < -0.39 is 0 Å². The van der Waals surface area contributed by atoms with Gasteiger partial charge in [0.2, 0.25) is 0 Å². The van der Waals surface area contributed by atoms with E-state index >= 15 is 0 Å². The molecule has 0 aliphatic heterocycles. The predicted molar refractivity (Wildman–Crippen MR) is 76.7 cm³/mol. The molecule has 0 amide bonds.